The zero-order valence-electron chi connectivity index (χ0n) is 12.9. The van der Waals surface area contributed by atoms with Crippen LogP contribution in [0.4, 0.5) is 0 Å². The number of aromatic nitrogens is 2. The smallest absolute Gasteiger partial charge is 0.130 e. The minimum absolute atomic E-state index is 0.493. The summed E-state index contributed by atoms with van der Waals surface area (Å²) < 4.78 is 13.1. The van der Waals surface area contributed by atoms with Crippen molar-refractivity contribution in [3.63, 3.8) is 0 Å². The molecule has 5 heteroatoms. The van der Waals surface area contributed by atoms with E-state index in [9.17, 15) is 0 Å². The van der Waals surface area contributed by atoms with E-state index in [1.807, 2.05) is 29.9 Å². The van der Waals surface area contributed by atoms with Crippen molar-refractivity contribution in [3.05, 3.63) is 41.2 Å². The third-order valence-electron chi connectivity index (χ3n) is 3.45. The highest BCUT2D eigenvalue weighted by Gasteiger charge is 2.08. The summed E-state index contributed by atoms with van der Waals surface area (Å²) in [5.74, 6) is 1.67. The van der Waals surface area contributed by atoms with Crippen molar-refractivity contribution in [2.24, 2.45) is 12.8 Å². The van der Waals surface area contributed by atoms with E-state index in [1.165, 1.54) is 0 Å². The highest BCUT2D eigenvalue weighted by molar-refractivity contribution is 5.40. The molecule has 0 saturated heterocycles. The number of nitrogens with two attached hydrogens (primary N) is 1. The topological polar surface area (TPSA) is 62.3 Å². The fourth-order valence-electron chi connectivity index (χ4n) is 2.21. The number of aryl methyl sites for hydroxylation is 2. The van der Waals surface area contributed by atoms with E-state index in [4.69, 9.17) is 15.2 Å². The summed E-state index contributed by atoms with van der Waals surface area (Å²) >= 11 is 0. The SMILES string of the molecule is CCc1cc(COc2ccc(OC)cc2CCN)n(C)n1. The van der Waals surface area contributed by atoms with Gasteiger partial charge < -0.3 is 15.2 Å². The lowest BCUT2D eigenvalue weighted by atomic mass is 10.1. The average Bonchev–Trinajstić information content (AvgIpc) is 2.86. The first-order valence-electron chi connectivity index (χ1n) is 7.19. The van der Waals surface area contributed by atoms with Gasteiger partial charge >= 0.3 is 0 Å². The number of hydrogen-bond donors (Lipinski definition) is 1. The minimum Gasteiger partial charge on any atom is -0.497 e. The van der Waals surface area contributed by atoms with Gasteiger partial charge in [0.1, 0.15) is 18.1 Å². The molecule has 2 aromatic rings. The van der Waals surface area contributed by atoms with Crippen molar-refractivity contribution >= 4 is 0 Å². The van der Waals surface area contributed by atoms with E-state index < -0.39 is 0 Å². The summed E-state index contributed by atoms with van der Waals surface area (Å²) in [6.07, 6.45) is 1.69. The van der Waals surface area contributed by atoms with Crippen LogP contribution in [0.15, 0.2) is 24.3 Å². The number of hydrogen-bond acceptors (Lipinski definition) is 4. The Labute approximate surface area is 125 Å². The van der Waals surface area contributed by atoms with Crippen LogP contribution in [-0.4, -0.2) is 23.4 Å². The summed E-state index contributed by atoms with van der Waals surface area (Å²) in [7, 11) is 3.59. The molecule has 1 aromatic heterocycles. The number of ether oxygens (including phenoxy) is 2. The molecule has 1 heterocycles. The van der Waals surface area contributed by atoms with Crippen molar-refractivity contribution in [3.8, 4) is 11.5 Å². The van der Waals surface area contributed by atoms with E-state index in [2.05, 4.69) is 18.1 Å². The van der Waals surface area contributed by atoms with Crippen LogP contribution in [0.25, 0.3) is 0 Å². The van der Waals surface area contributed by atoms with Gasteiger partial charge in [0.05, 0.1) is 18.5 Å². The molecule has 0 atom stereocenters. The summed E-state index contributed by atoms with van der Waals surface area (Å²) in [4.78, 5) is 0. The number of rotatable bonds is 7. The average molecular weight is 289 g/mol. The molecule has 0 unspecified atom stereocenters. The molecule has 2 N–H and O–H groups in total. The lowest BCUT2D eigenvalue weighted by Gasteiger charge is -2.12. The highest BCUT2D eigenvalue weighted by Crippen LogP contribution is 2.25. The van der Waals surface area contributed by atoms with Crippen LogP contribution in [0.2, 0.25) is 0 Å². The second-order valence-corrected chi connectivity index (χ2v) is 4.91. The van der Waals surface area contributed by atoms with Crippen molar-refractivity contribution in [2.45, 2.75) is 26.4 Å². The van der Waals surface area contributed by atoms with Crippen molar-refractivity contribution in [2.75, 3.05) is 13.7 Å². The van der Waals surface area contributed by atoms with Crippen LogP contribution in [0.1, 0.15) is 23.9 Å². The van der Waals surface area contributed by atoms with Crippen LogP contribution < -0.4 is 15.2 Å². The summed E-state index contributed by atoms with van der Waals surface area (Å²) in [6, 6.07) is 7.88. The quantitative estimate of drug-likeness (QED) is 0.847. The lowest BCUT2D eigenvalue weighted by Crippen LogP contribution is -2.07. The van der Waals surface area contributed by atoms with Gasteiger partial charge in [-0.2, -0.15) is 5.10 Å². The molecule has 0 amide bonds. The molecule has 1 aromatic carbocycles. The molecular formula is C16H23N3O2. The molecule has 5 nitrogen and oxygen atoms in total. The molecular weight excluding hydrogens is 266 g/mol. The van der Waals surface area contributed by atoms with Gasteiger partial charge in [0.25, 0.3) is 0 Å². The zero-order valence-corrected chi connectivity index (χ0v) is 12.9. The number of benzene rings is 1. The fourth-order valence-corrected chi connectivity index (χ4v) is 2.21. The Bertz CT molecular complexity index is 593. The number of nitrogens with zero attached hydrogens (tertiary/aromatic N) is 2. The summed E-state index contributed by atoms with van der Waals surface area (Å²) in [5, 5.41) is 4.42. The van der Waals surface area contributed by atoms with Gasteiger partial charge in [0, 0.05) is 7.05 Å². The lowest BCUT2D eigenvalue weighted by molar-refractivity contribution is 0.291. The Morgan fingerprint density at radius 2 is 2.10 bits per heavy atom. The monoisotopic (exact) mass is 289 g/mol. The Kier molecular flexibility index (Phi) is 5.22. The maximum Gasteiger partial charge on any atom is 0.130 e. The van der Waals surface area contributed by atoms with Gasteiger partial charge in [-0.1, -0.05) is 6.92 Å². The normalized spacial score (nSPS) is 10.7. The standard InChI is InChI=1S/C16H23N3O2/c1-4-13-10-14(19(2)18-13)11-21-16-6-5-15(20-3)9-12(16)7-8-17/h5-6,9-10H,4,7-8,11,17H2,1-3H3. The first-order chi connectivity index (χ1) is 10.2. The second-order valence-electron chi connectivity index (χ2n) is 4.91. The van der Waals surface area contributed by atoms with Gasteiger partial charge in [-0.25, -0.2) is 0 Å². The van der Waals surface area contributed by atoms with Crippen molar-refractivity contribution < 1.29 is 9.47 Å². The van der Waals surface area contributed by atoms with Crippen LogP contribution in [-0.2, 0) is 26.5 Å². The van der Waals surface area contributed by atoms with E-state index in [0.29, 0.717) is 13.2 Å². The van der Waals surface area contributed by atoms with Crippen LogP contribution in [0, 0.1) is 0 Å². The molecule has 21 heavy (non-hydrogen) atoms. The third kappa shape index (κ3) is 3.76. The first kappa shape index (κ1) is 15.4. The summed E-state index contributed by atoms with van der Waals surface area (Å²) in [6.45, 7) is 3.17. The molecule has 2 rings (SSSR count). The predicted molar refractivity (Wildman–Crippen MR) is 82.7 cm³/mol. The van der Waals surface area contributed by atoms with Gasteiger partial charge in [0.15, 0.2) is 0 Å². The molecule has 0 aliphatic rings. The second kappa shape index (κ2) is 7.13. The van der Waals surface area contributed by atoms with Crippen molar-refractivity contribution in [1.29, 1.82) is 0 Å². The van der Waals surface area contributed by atoms with Crippen LogP contribution in [0.5, 0.6) is 11.5 Å². The first-order valence-corrected chi connectivity index (χ1v) is 7.19. The molecule has 114 valence electrons. The Hall–Kier alpha value is -2.01. The maximum absolute atomic E-state index is 5.94. The molecule has 0 saturated carbocycles. The fraction of sp³-hybridized carbons (Fsp3) is 0.438. The third-order valence-corrected chi connectivity index (χ3v) is 3.45. The van der Waals surface area contributed by atoms with E-state index >= 15 is 0 Å². The van der Waals surface area contributed by atoms with E-state index in [0.717, 1.165) is 41.3 Å². The Balaban J connectivity index is 2.13. The minimum atomic E-state index is 0.493. The van der Waals surface area contributed by atoms with Crippen molar-refractivity contribution in [1.82, 2.24) is 9.78 Å². The highest BCUT2D eigenvalue weighted by atomic mass is 16.5. The molecule has 0 aliphatic carbocycles. The molecule has 0 bridgehead atoms. The Morgan fingerprint density at radius 1 is 1.29 bits per heavy atom. The largest absolute Gasteiger partial charge is 0.497 e. The molecule has 0 spiro atoms. The zero-order chi connectivity index (χ0) is 15.2. The summed E-state index contributed by atoms with van der Waals surface area (Å²) in [5.41, 5.74) is 8.86. The van der Waals surface area contributed by atoms with Crippen LogP contribution in [0.3, 0.4) is 0 Å². The van der Waals surface area contributed by atoms with Gasteiger partial charge in [-0.3, -0.25) is 4.68 Å². The Morgan fingerprint density at radius 3 is 2.71 bits per heavy atom. The molecule has 0 aliphatic heterocycles. The van der Waals surface area contributed by atoms with Crippen LogP contribution >= 0.6 is 0 Å². The maximum atomic E-state index is 5.94. The predicted octanol–water partition coefficient (Wildman–Crippen LogP) is 2.07. The van der Waals surface area contributed by atoms with Gasteiger partial charge in [-0.05, 0) is 49.2 Å². The number of methoxy groups -OCH3 is 1. The van der Waals surface area contributed by atoms with Gasteiger partial charge in [0.2, 0.25) is 0 Å². The van der Waals surface area contributed by atoms with Gasteiger partial charge in [-0.15, -0.1) is 0 Å². The molecule has 0 fully saturated rings. The van der Waals surface area contributed by atoms with E-state index in [1.54, 1.807) is 7.11 Å². The van der Waals surface area contributed by atoms with E-state index in [-0.39, 0.29) is 0 Å². The molecule has 0 radical (unpaired) electrons.